The molecule has 2 aromatic rings. The summed E-state index contributed by atoms with van der Waals surface area (Å²) in [5, 5.41) is 10.5. The van der Waals surface area contributed by atoms with Gasteiger partial charge in [0, 0.05) is 31.5 Å². The molecule has 2 aromatic heterocycles. The number of imidazole rings is 1. The van der Waals surface area contributed by atoms with Crippen molar-refractivity contribution < 1.29 is 18.3 Å². The third-order valence-corrected chi connectivity index (χ3v) is 10.3. The molecule has 2 saturated heterocycles. The molecule has 5 atom stereocenters. The molecule has 4 aliphatic rings. The number of alkyl halides is 3. The lowest BCUT2D eigenvalue weighted by Crippen LogP contribution is -2.55. The van der Waals surface area contributed by atoms with E-state index in [1.54, 1.807) is 10.8 Å². The Morgan fingerprint density at radius 3 is 2.59 bits per heavy atom. The second-order valence-corrected chi connectivity index (χ2v) is 13.8. The molecule has 228 valence electrons. The molecular weight excluding hydrogens is 533 g/mol. The van der Waals surface area contributed by atoms with Crippen molar-refractivity contribution in [3.8, 4) is 0 Å². The van der Waals surface area contributed by atoms with Crippen molar-refractivity contribution in [2.24, 2.45) is 23.7 Å². The van der Waals surface area contributed by atoms with Gasteiger partial charge in [0.2, 0.25) is 0 Å². The van der Waals surface area contributed by atoms with Gasteiger partial charge in [0.15, 0.2) is 0 Å². The first kappa shape index (κ1) is 29.2. The van der Waals surface area contributed by atoms with Crippen LogP contribution in [0.25, 0.3) is 5.52 Å². The molecule has 0 aromatic carbocycles. The molecule has 0 radical (unpaired) electrons. The number of rotatable bonds is 6. The van der Waals surface area contributed by atoms with Crippen LogP contribution in [0.5, 0.6) is 0 Å². The molecule has 2 aliphatic carbocycles. The van der Waals surface area contributed by atoms with Gasteiger partial charge >= 0.3 is 11.9 Å². The van der Waals surface area contributed by atoms with Gasteiger partial charge in [0.05, 0.1) is 29.5 Å². The number of likely N-dealkylation sites (tertiary alicyclic amines) is 1. The number of hydrogen-bond acceptors (Lipinski definition) is 6. The molecule has 0 spiro atoms. The minimum Gasteiger partial charge on any atom is -0.390 e. The molecule has 6 rings (SSSR count). The second-order valence-electron chi connectivity index (χ2n) is 13.8. The van der Waals surface area contributed by atoms with Crippen LogP contribution in [0.3, 0.4) is 0 Å². The number of halogens is 3. The molecule has 3 unspecified atom stereocenters. The quantitative estimate of drug-likeness (QED) is 0.478. The lowest BCUT2D eigenvalue weighted by Gasteiger charge is -2.51. The van der Waals surface area contributed by atoms with Crippen LogP contribution in [0, 0.1) is 23.7 Å². The van der Waals surface area contributed by atoms with Crippen molar-refractivity contribution in [1.29, 1.82) is 0 Å². The molecule has 3 N–H and O–H groups in total. The van der Waals surface area contributed by atoms with Gasteiger partial charge in [0.25, 0.3) is 0 Å². The molecule has 4 heterocycles. The number of hydrazine groups is 1. The van der Waals surface area contributed by atoms with Crippen molar-refractivity contribution in [3.63, 3.8) is 0 Å². The second kappa shape index (κ2) is 11.0. The molecule has 2 aliphatic heterocycles. The van der Waals surface area contributed by atoms with Crippen LogP contribution in [-0.4, -0.2) is 62.4 Å². The maximum Gasteiger partial charge on any atom is 0.418 e. The van der Waals surface area contributed by atoms with E-state index in [4.69, 9.17) is 0 Å². The molecular formula is C30H45F3N6O2. The number of pyridine rings is 1. The Bertz CT molecular complexity index is 1300. The smallest absolute Gasteiger partial charge is 0.390 e. The van der Waals surface area contributed by atoms with E-state index in [0.717, 1.165) is 71.1 Å². The van der Waals surface area contributed by atoms with Crippen LogP contribution in [0.15, 0.2) is 23.3 Å². The molecule has 8 nitrogen and oxygen atoms in total. The zero-order chi connectivity index (χ0) is 29.1. The minimum atomic E-state index is -4.55. The van der Waals surface area contributed by atoms with Gasteiger partial charge in [0.1, 0.15) is 0 Å². The zero-order valence-electron chi connectivity index (χ0n) is 24.5. The van der Waals surface area contributed by atoms with Crippen molar-refractivity contribution in [2.75, 3.05) is 26.8 Å². The number of nitrogens with zero attached hydrogens (tertiary/aromatic N) is 4. The molecule has 41 heavy (non-hydrogen) atoms. The number of nitrogens with one attached hydrogen (secondary N) is 2. The van der Waals surface area contributed by atoms with E-state index < -0.39 is 17.3 Å². The average molecular weight is 579 g/mol. The number of piperidine rings is 1. The van der Waals surface area contributed by atoms with Gasteiger partial charge in [-0.3, -0.25) is 18.8 Å². The summed E-state index contributed by atoms with van der Waals surface area (Å²) in [5.74, 6) is 1.44. The van der Waals surface area contributed by atoms with Crippen LogP contribution in [0.1, 0.15) is 82.4 Å². The fourth-order valence-electron chi connectivity index (χ4n) is 8.45. The average Bonchev–Trinajstić information content (AvgIpc) is 3.45. The SMILES string of the molecule is C[C@H]1CCCN(Cc2cc(C(F)(F)F)c3cn(C4CCCC([C@@H](C5CC(C)(O)C5)C5NNCN5C)C4)c(=O)n3c2)C1. The Labute approximate surface area is 239 Å². The summed E-state index contributed by atoms with van der Waals surface area (Å²) in [5.41, 5.74) is 5.37. The van der Waals surface area contributed by atoms with E-state index in [1.165, 1.54) is 16.7 Å². The Hall–Kier alpha value is -1.92. The monoisotopic (exact) mass is 578 g/mol. The third-order valence-electron chi connectivity index (χ3n) is 10.3. The Morgan fingerprint density at radius 2 is 1.93 bits per heavy atom. The van der Waals surface area contributed by atoms with Crippen LogP contribution in [0.2, 0.25) is 0 Å². The van der Waals surface area contributed by atoms with E-state index >= 15 is 0 Å². The summed E-state index contributed by atoms with van der Waals surface area (Å²) >= 11 is 0. The van der Waals surface area contributed by atoms with E-state index in [1.807, 2.05) is 6.92 Å². The summed E-state index contributed by atoms with van der Waals surface area (Å²) in [6, 6.07) is 1.09. The number of hydrogen-bond donors (Lipinski definition) is 3. The van der Waals surface area contributed by atoms with E-state index in [0.29, 0.717) is 29.9 Å². The molecule has 11 heteroatoms. The van der Waals surface area contributed by atoms with Crippen molar-refractivity contribution in [2.45, 2.75) is 95.7 Å². The van der Waals surface area contributed by atoms with Gasteiger partial charge in [-0.05, 0) is 101 Å². The molecule has 4 fully saturated rings. The van der Waals surface area contributed by atoms with E-state index in [9.17, 15) is 23.1 Å². The number of fused-ring (bicyclic) bond motifs is 1. The van der Waals surface area contributed by atoms with E-state index in [-0.39, 0.29) is 29.3 Å². The zero-order valence-corrected chi connectivity index (χ0v) is 24.5. The first-order valence-electron chi connectivity index (χ1n) is 15.4. The predicted molar refractivity (Wildman–Crippen MR) is 151 cm³/mol. The summed E-state index contributed by atoms with van der Waals surface area (Å²) in [4.78, 5) is 18.2. The van der Waals surface area contributed by atoms with Crippen LogP contribution in [0.4, 0.5) is 13.2 Å². The minimum absolute atomic E-state index is 0.0617. The Balaban J connectivity index is 1.30. The highest BCUT2D eigenvalue weighted by Gasteiger charge is 2.50. The fourth-order valence-corrected chi connectivity index (χ4v) is 8.45. The van der Waals surface area contributed by atoms with E-state index in [2.05, 4.69) is 34.6 Å². The normalized spacial score (nSPS) is 34.7. The number of aromatic nitrogens is 2. The van der Waals surface area contributed by atoms with Crippen LogP contribution in [-0.2, 0) is 12.7 Å². The first-order valence-corrected chi connectivity index (χ1v) is 15.4. The number of aliphatic hydroxyl groups is 1. The summed E-state index contributed by atoms with van der Waals surface area (Å²) in [7, 11) is 2.08. The Morgan fingerprint density at radius 1 is 1.15 bits per heavy atom. The van der Waals surface area contributed by atoms with Gasteiger partial charge in [-0.2, -0.15) is 13.2 Å². The van der Waals surface area contributed by atoms with Crippen molar-refractivity contribution >= 4 is 5.52 Å². The highest BCUT2D eigenvalue weighted by molar-refractivity contribution is 5.56. The first-order chi connectivity index (χ1) is 19.4. The van der Waals surface area contributed by atoms with Gasteiger partial charge in [-0.1, -0.05) is 13.3 Å². The summed E-state index contributed by atoms with van der Waals surface area (Å²) in [6.07, 6.45) is 5.75. The molecule has 0 amide bonds. The van der Waals surface area contributed by atoms with Gasteiger partial charge in [-0.25, -0.2) is 15.6 Å². The lowest BCUT2D eigenvalue weighted by molar-refractivity contribution is -0.136. The highest BCUT2D eigenvalue weighted by Crippen LogP contribution is 2.50. The maximum atomic E-state index is 14.3. The maximum absolute atomic E-state index is 14.3. The molecule has 0 bridgehead atoms. The van der Waals surface area contributed by atoms with Crippen LogP contribution < -0.4 is 16.5 Å². The van der Waals surface area contributed by atoms with Gasteiger partial charge in [-0.15, -0.1) is 0 Å². The van der Waals surface area contributed by atoms with Crippen molar-refractivity contribution in [3.05, 3.63) is 40.1 Å². The highest BCUT2D eigenvalue weighted by atomic mass is 19.4. The fraction of sp³-hybridized carbons (Fsp3) is 0.767. The van der Waals surface area contributed by atoms with Crippen molar-refractivity contribution in [1.82, 2.24) is 29.6 Å². The predicted octanol–water partition coefficient (Wildman–Crippen LogP) is 4.18. The Kier molecular flexibility index (Phi) is 7.80. The molecule has 2 saturated carbocycles. The third kappa shape index (κ3) is 5.85. The lowest BCUT2D eigenvalue weighted by atomic mass is 9.60. The summed E-state index contributed by atoms with van der Waals surface area (Å²) < 4.78 is 45.8. The topological polar surface area (TPSA) is 77.2 Å². The summed E-state index contributed by atoms with van der Waals surface area (Å²) in [6.45, 7) is 6.92. The standard InChI is InChI=1S/C30H45F3N6O2/c1-19-6-5-9-37(14-19)15-20-10-24(30(31,32)33)25-17-38(28(40)39(25)16-20)23-8-4-7-21(11-23)26(22-12-29(2,41)13-22)27-35-34-18-36(27)3/h10,16-17,19,21-23,26-27,34-35,41H,4-9,11-15,18H2,1-3H3/t19-,21?,22?,23?,26-,27?,29?/m0/s1. The van der Waals surface area contributed by atoms with Gasteiger partial charge < -0.3 is 5.11 Å². The van der Waals surface area contributed by atoms with Crippen LogP contribution >= 0.6 is 0 Å². The largest absolute Gasteiger partial charge is 0.418 e.